The molecule has 0 radical (unpaired) electrons. The minimum Gasteiger partial charge on any atom is -0.386 e. The van der Waals surface area contributed by atoms with Crippen molar-refractivity contribution in [3.05, 3.63) is 50.9 Å². The molecule has 0 aliphatic rings. The second-order valence-electron chi connectivity index (χ2n) is 3.46. The van der Waals surface area contributed by atoms with Crippen molar-refractivity contribution in [1.29, 1.82) is 0 Å². The number of aliphatic hydroxyl groups is 1. The summed E-state index contributed by atoms with van der Waals surface area (Å²) < 4.78 is 26.5. The van der Waals surface area contributed by atoms with Crippen LogP contribution in [0.5, 0.6) is 0 Å². The molecule has 0 aliphatic heterocycles. The van der Waals surface area contributed by atoms with Crippen LogP contribution in [0.2, 0.25) is 4.34 Å². The molecule has 90 valence electrons. The average molecular weight is 276 g/mol. The Morgan fingerprint density at radius 1 is 1.41 bits per heavy atom. The zero-order valence-electron chi connectivity index (χ0n) is 8.53. The van der Waals surface area contributed by atoms with E-state index in [1.165, 1.54) is 12.3 Å². The summed E-state index contributed by atoms with van der Waals surface area (Å²) in [6.07, 6.45) is 0.523. The Kier molecular flexibility index (Phi) is 3.71. The van der Waals surface area contributed by atoms with Gasteiger partial charge in [-0.1, -0.05) is 17.7 Å². The van der Waals surface area contributed by atoms with E-state index in [4.69, 9.17) is 11.6 Å². The largest absolute Gasteiger partial charge is 0.386 e. The lowest BCUT2D eigenvalue weighted by Gasteiger charge is -2.08. The van der Waals surface area contributed by atoms with Gasteiger partial charge in [-0.05, 0) is 11.6 Å². The van der Waals surface area contributed by atoms with Crippen molar-refractivity contribution in [2.24, 2.45) is 0 Å². The molecule has 1 aromatic carbocycles. The zero-order valence-corrected chi connectivity index (χ0v) is 10.1. The van der Waals surface area contributed by atoms with Crippen molar-refractivity contribution in [1.82, 2.24) is 4.98 Å². The SMILES string of the molecule is OC(Cc1ccc(F)cc1F)c1ncc(Cl)s1. The van der Waals surface area contributed by atoms with Crippen LogP contribution in [0.1, 0.15) is 16.7 Å². The Morgan fingerprint density at radius 3 is 2.76 bits per heavy atom. The van der Waals surface area contributed by atoms with Crippen molar-refractivity contribution < 1.29 is 13.9 Å². The molecular formula is C11H8ClF2NOS. The predicted molar refractivity (Wildman–Crippen MR) is 62.1 cm³/mol. The summed E-state index contributed by atoms with van der Waals surface area (Å²) in [5, 5.41) is 10.2. The molecule has 1 atom stereocenters. The first-order valence-electron chi connectivity index (χ1n) is 4.79. The lowest BCUT2D eigenvalue weighted by atomic mass is 10.1. The fourth-order valence-corrected chi connectivity index (χ4v) is 2.32. The molecule has 0 amide bonds. The van der Waals surface area contributed by atoms with Gasteiger partial charge < -0.3 is 5.11 Å². The van der Waals surface area contributed by atoms with E-state index in [0.29, 0.717) is 9.34 Å². The third-order valence-electron chi connectivity index (χ3n) is 2.21. The number of halogens is 3. The first-order chi connectivity index (χ1) is 8.06. The molecule has 1 aromatic heterocycles. The van der Waals surface area contributed by atoms with E-state index in [2.05, 4.69) is 4.98 Å². The van der Waals surface area contributed by atoms with E-state index >= 15 is 0 Å². The molecule has 0 saturated heterocycles. The number of aliphatic hydroxyl groups excluding tert-OH is 1. The van der Waals surface area contributed by atoms with Gasteiger partial charge in [0, 0.05) is 12.5 Å². The maximum atomic E-state index is 13.3. The monoisotopic (exact) mass is 275 g/mol. The second-order valence-corrected chi connectivity index (χ2v) is 5.15. The third-order valence-corrected chi connectivity index (χ3v) is 3.42. The highest BCUT2D eigenvalue weighted by Gasteiger charge is 2.15. The summed E-state index contributed by atoms with van der Waals surface area (Å²) >= 11 is 6.81. The van der Waals surface area contributed by atoms with Gasteiger partial charge in [0.15, 0.2) is 0 Å². The van der Waals surface area contributed by atoms with Crippen LogP contribution in [-0.4, -0.2) is 10.1 Å². The number of thiazole rings is 1. The van der Waals surface area contributed by atoms with E-state index in [-0.39, 0.29) is 12.0 Å². The van der Waals surface area contributed by atoms with Crippen LogP contribution < -0.4 is 0 Å². The zero-order chi connectivity index (χ0) is 12.4. The van der Waals surface area contributed by atoms with Gasteiger partial charge >= 0.3 is 0 Å². The molecule has 2 nitrogen and oxygen atoms in total. The quantitative estimate of drug-likeness (QED) is 0.932. The van der Waals surface area contributed by atoms with Gasteiger partial charge in [-0.2, -0.15) is 0 Å². The van der Waals surface area contributed by atoms with E-state index in [9.17, 15) is 13.9 Å². The average Bonchev–Trinajstić information content (AvgIpc) is 2.69. The Morgan fingerprint density at radius 2 is 2.18 bits per heavy atom. The van der Waals surface area contributed by atoms with Gasteiger partial charge in [-0.15, -0.1) is 11.3 Å². The van der Waals surface area contributed by atoms with E-state index in [0.717, 1.165) is 23.5 Å². The summed E-state index contributed by atoms with van der Waals surface area (Å²) in [6, 6.07) is 3.25. The van der Waals surface area contributed by atoms with Crippen molar-refractivity contribution in [3.63, 3.8) is 0 Å². The van der Waals surface area contributed by atoms with Crippen LogP contribution in [-0.2, 0) is 6.42 Å². The normalized spacial score (nSPS) is 12.7. The minimum absolute atomic E-state index is 0.0377. The number of aromatic nitrogens is 1. The highest BCUT2D eigenvalue weighted by atomic mass is 35.5. The molecule has 0 aliphatic carbocycles. The fourth-order valence-electron chi connectivity index (χ4n) is 1.40. The Labute approximate surface area is 106 Å². The smallest absolute Gasteiger partial charge is 0.129 e. The highest BCUT2D eigenvalue weighted by molar-refractivity contribution is 7.15. The third kappa shape index (κ3) is 3.00. The minimum atomic E-state index is -0.938. The van der Waals surface area contributed by atoms with Gasteiger partial charge in [0.1, 0.15) is 27.1 Å². The van der Waals surface area contributed by atoms with Gasteiger partial charge in [0.2, 0.25) is 0 Å². The number of nitrogens with zero attached hydrogens (tertiary/aromatic N) is 1. The number of hydrogen-bond acceptors (Lipinski definition) is 3. The van der Waals surface area contributed by atoms with Gasteiger partial charge in [0.05, 0.1) is 6.20 Å². The summed E-state index contributed by atoms with van der Waals surface area (Å²) in [4.78, 5) is 3.90. The molecule has 0 fully saturated rings. The topological polar surface area (TPSA) is 33.1 Å². The highest BCUT2D eigenvalue weighted by Crippen LogP contribution is 2.26. The van der Waals surface area contributed by atoms with Crippen molar-refractivity contribution in [2.75, 3.05) is 0 Å². The van der Waals surface area contributed by atoms with Crippen LogP contribution >= 0.6 is 22.9 Å². The lowest BCUT2D eigenvalue weighted by Crippen LogP contribution is -2.03. The Balaban J connectivity index is 2.15. The van der Waals surface area contributed by atoms with E-state index in [1.54, 1.807) is 0 Å². The van der Waals surface area contributed by atoms with Crippen LogP contribution in [0, 0.1) is 11.6 Å². The van der Waals surface area contributed by atoms with Crippen molar-refractivity contribution >= 4 is 22.9 Å². The summed E-state index contributed by atoms with van der Waals surface area (Å²) in [5.41, 5.74) is 0.241. The van der Waals surface area contributed by atoms with E-state index in [1.807, 2.05) is 0 Å². The predicted octanol–water partition coefficient (Wildman–Crippen LogP) is 3.35. The molecule has 0 bridgehead atoms. The first-order valence-corrected chi connectivity index (χ1v) is 5.99. The molecule has 2 rings (SSSR count). The lowest BCUT2D eigenvalue weighted by molar-refractivity contribution is 0.176. The summed E-state index contributed by atoms with van der Waals surface area (Å²) in [5.74, 6) is -1.32. The molecular weight excluding hydrogens is 268 g/mol. The number of rotatable bonds is 3. The molecule has 17 heavy (non-hydrogen) atoms. The molecule has 0 spiro atoms. The fraction of sp³-hybridized carbons (Fsp3) is 0.182. The summed E-state index contributed by atoms with van der Waals surface area (Å²) in [7, 11) is 0. The molecule has 0 saturated carbocycles. The Hall–Kier alpha value is -1.04. The van der Waals surface area contributed by atoms with Gasteiger partial charge in [0.25, 0.3) is 0 Å². The van der Waals surface area contributed by atoms with Crippen LogP contribution in [0.25, 0.3) is 0 Å². The first kappa shape index (κ1) is 12.4. The van der Waals surface area contributed by atoms with Gasteiger partial charge in [-0.25, -0.2) is 13.8 Å². The van der Waals surface area contributed by atoms with Gasteiger partial charge in [-0.3, -0.25) is 0 Å². The van der Waals surface area contributed by atoms with Crippen molar-refractivity contribution in [3.8, 4) is 0 Å². The maximum absolute atomic E-state index is 13.3. The molecule has 1 N–H and O–H groups in total. The Bertz CT molecular complexity index is 532. The second kappa shape index (κ2) is 5.08. The molecule has 1 unspecified atom stereocenters. The van der Waals surface area contributed by atoms with E-state index < -0.39 is 17.7 Å². The van der Waals surface area contributed by atoms with Crippen LogP contribution in [0.15, 0.2) is 24.4 Å². The maximum Gasteiger partial charge on any atom is 0.129 e. The molecule has 1 heterocycles. The van der Waals surface area contributed by atoms with Crippen molar-refractivity contribution in [2.45, 2.75) is 12.5 Å². The molecule has 6 heteroatoms. The standard InChI is InChI=1S/C11H8ClF2NOS/c12-10-5-15-11(17-10)9(16)3-6-1-2-7(13)4-8(6)14/h1-2,4-5,9,16H,3H2. The number of hydrogen-bond donors (Lipinski definition) is 1. The van der Waals surface area contributed by atoms with Crippen LogP contribution in [0.3, 0.4) is 0 Å². The summed E-state index contributed by atoms with van der Waals surface area (Å²) in [6.45, 7) is 0. The number of benzene rings is 1. The molecule has 2 aromatic rings. The van der Waals surface area contributed by atoms with Crippen LogP contribution in [0.4, 0.5) is 8.78 Å².